The zero-order valence-corrected chi connectivity index (χ0v) is 12.6. The molecule has 0 saturated carbocycles. The maximum absolute atomic E-state index is 11.2. The van der Waals surface area contributed by atoms with Crippen molar-refractivity contribution in [3.05, 3.63) is 26.6 Å². The Morgan fingerprint density at radius 3 is 2.82 bits per heavy atom. The first kappa shape index (κ1) is 12.9. The van der Waals surface area contributed by atoms with Gasteiger partial charge in [-0.25, -0.2) is 0 Å². The molecule has 1 N–H and O–H groups in total. The topological polar surface area (TPSA) is 38.3 Å². The average Bonchev–Trinajstić information content (AvgIpc) is 2.63. The van der Waals surface area contributed by atoms with Crippen LogP contribution in [0.2, 0.25) is 0 Å². The summed E-state index contributed by atoms with van der Waals surface area (Å²) in [5.41, 5.74) is 1.10. The maximum Gasteiger partial charge on any atom is 0.220 e. The summed E-state index contributed by atoms with van der Waals surface area (Å²) >= 11 is 6.94. The van der Waals surface area contributed by atoms with Crippen molar-refractivity contribution in [1.29, 1.82) is 0 Å². The number of carbonyl (C=O) groups is 1. The lowest BCUT2D eigenvalue weighted by Crippen LogP contribution is -2.27. The summed E-state index contributed by atoms with van der Waals surface area (Å²) in [6, 6.07) is 4.21. The van der Waals surface area contributed by atoms with Crippen LogP contribution in [0.3, 0.4) is 0 Å². The molecule has 1 amide bonds. The van der Waals surface area contributed by atoms with E-state index in [0.717, 1.165) is 33.1 Å². The van der Waals surface area contributed by atoms with E-state index in [1.54, 1.807) is 7.11 Å². The fourth-order valence-corrected chi connectivity index (χ4v) is 3.57. The van der Waals surface area contributed by atoms with Gasteiger partial charge < -0.3 is 10.1 Å². The first-order chi connectivity index (χ1) is 8.10. The number of rotatable bonds is 3. The van der Waals surface area contributed by atoms with Crippen LogP contribution in [-0.4, -0.2) is 19.1 Å². The number of nitrogens with one attached hydrogen (secondary N) is 1. The number of hydrogen-bond donors (Lipinski definition) is 1. The molecule has 17 heavy (non-hydrogen) atoms. The summed E-state index contributed by atoms with van der Waals surface area (Å²) in [7, 11) is 1.66. The van der Waals surface area contributed by atoms with Crippen LogP contribution in [0.1, 0.15) is 18.4 Å². The highest BCUT2D eigenvalue weighted by molar-refractivity contribution is 9.11. The minimum Gasteiger partial charge on any atom is -0.495 e. The molecule has 0 spiro atoms. The summed E-state index contributed by atoms with van der Waals surface area (Å²) in [6.07, 6.45) is 2.32. The van der Waals surface area contributed by atoms with Crippen molar-refractivity contribution < 1.29 is 9.53 Å². The third-order valence-electron chi connectivity index (χ3n) is 2.84. The van der Waals surface area contributed by atoms with Crippen molar-refractivity contribution in [3.8, 4) is 5.75 Å². The second-order valence-electron chi connectivity index (χ2n) is 4.09. The number of carbonyl (C=O) groups excluding carboxylic acids is 1. The van der Waals surface area contributed by atoms with Gasteiger partial charge in [-0.05, 0) is 46.5 Å². The number of benzene rings is 1. The monoisotopic (exact) mass is 361 g/mol. The molecular formula is C12H13Br2NO2. The summed E-state index contributed by atoms with van der Waals surface area (Å²) < 4.78 is 7.32. The van der Waals surface area contributed by atoms with Gasteiger partial charge in [0, 0.05) is 16.9 Å². The van der Waals surface area contributed by atoms with Gasteiger partial charge in [-0.1, -0.05) is 15.9 Å². The molecule has 5 heteroatoms. The number of halogens is 2. The van der Waals surface area contributed by atoms with Gasteiger partial charge in [-0.15, -0.1) is 0 Å². The van der Waals surface area contributed by atoms with E-state index in [1.807, 2.05) is 12.1 Å². The van der Waals surface area contributed by atoms with Gasteiger partial charge in [0.25, 0.3) is 0 Å². The molecule has 1 saturated heterocycles. The van der Waals surface area contributed by atoms with Crippen molar-refractivity contribution >= 4 is 37.8 Å². The lowest BCUT2D eigenvalue weighted by molar-refractivity contribution is -0.119. The van der Waals surface area contributed by atoms with E-state index >= 15 is 0 Å². The lowest BCUT2D eigenvalue weighted by Gasteiger charge is -2.15. The molecule has 0 aromatic heterocycles. The average molecular weight is 363 g/mol. The quantitative estimate of drug-likeness (QED) is 0.897. The zero-order chi connectivity index (χ0) is 12.4. The Kier molecular flexibility index (Phi) is 4.09. The first-order valence-electron chi connectivity index (χ1n) is 5.41. The number of ether oxygens (including phenoxy) is 1. The van der Waals surface area contributed by atoms with Gasteiger partial charge in [0.1, 0.15) is 5.75 Å². The van der Waals surface area contributed by atoms with Crippen LogP contribution in [0.25, 0.3) is 0 Å². The van der Waals surface area contributed by atoms with Crippen LogP contribution in [0, 0.1) is 0 Å². The Labute approximate surface area is 117 Å². The van der Waals surface area contributed by atoms with Crippen molar-refractivity contribution in [2.45, 2.75) is 25.3 Å². The normalized spacial score (nSPS) is 19.2. The molecule has 1 heterocycles. The summed E-state index contributed by atoms with van der Waals surface area (Å²) in [6.45, 7) is 0. The van der Waals surface area contributed by atoms with Crippen molar-refractivity contribution in [2.75, 3.05) is 7.11 Å². The molecule has 1 aliphatic rings. The predicted octanol–water partition coefficient (Wildman–Crippen LogP) is 3.04. The molecular weight excluding hydrogens is 350 g/mol. The lowest BCUT2D eigenvalue weighted by atomic mass is 10.0. The SMILES string of the molecule is COc1c(Br)cc(Br)cc1CC1CCC(=O)N1. The molecule has 0 radical (unpaired) electrons. The van der Waals surface area contributed by atoms with E-state index in [9.17, 15) is 4.79 Å². The Hall–Kier alpha value is -0.550. The number of methoxy groups -OCH3 is 1. The molecule has 1 aromatic rings. The molecule has 1 atom stereocenters. The molecule has 3 nitrogen and oxygen atoms in total. The van der Waals surface area contributed by atoms with Gasteiger partial charge in [-0.3, -0.25) is 4.79 Å². The molecule has 1 unspecified atom stereocenters. The van der Waals surface area contributed by atoms with Crippen LogP contribution in [-0.2, 0) is 11.2 Å². The van der Waals surface area contributed by atoms with Crippen LogP contribution >= 0.6 is 31.9 Å². The first-order valence-corrected chi connectivity index (χ1v) is 7.00. The Bertz CT molecular complexity index is 448. The van der Waals surface area contributed by atoms with E-state index in [0.29, 0.717) is 6.42 Å². The second kappa shape index (κ2) is 5.40. The Balaban J connectivity index is 2.22. The molecule has 0 aliphatic carbocycles. The fourth-order valence-electron chi connectivity index (χ4n) is 2.09. The predicted molar refractivity (Wildman–Crippen MR) is 73.3 cm³/mol. The van der Waals surface area contributed by atoms with Crippen molar-refractivity contribution in [3.63, 3.8) is 0 Å². The summed E-state index contributed by atoms with van der Waals surface area (Å²) in [5, 5.41) is 2.97. The molecule has 2 rings (SSSR count). The fraction of sp³-hybridized carbons (Fsp3) is 0.417. The third kappa shape index (κ3) is 3.01. The largest absolute Gasteiger partial charge is 0.495 e. The van der Waals surface area contributed by atoms with E-state index in [-0.39, 0.29) is 11.9 Å². The van der Waals surface area contributed by atoms with E-state index in [1.165, 1.54) is 0 Å². The molecule has 1 fully saturated rings. The van der Waals surface area contributed by atoms with E-state index in [2.05, 4.69) is 37.2 Å². The highest BCUT2D eigenvalue weighted by atomic mass is 79.9. The maximum atomic E-state index is 11.2. The standard InChI is InChI=1S/C12H13Br2NO2/c1-17-12-7(4-8(13)6-10(12)14)5-9-2-3-11(16)15-9/h4,6,9H,2-3,5H2,1H3,(H,15,16). The minimum absolute atomic E-state index is 0.142. The van der Waals surface area contributed by atoms with Crippen LogP contribution < -0.4 is 10.1 Å². The Morgan fingerprint density at radius 1 is 1.47 bits per heavy atom. The minimum atomic E-state index is 0.142. The molecule has 1 aromatic carbocycles. The van der Waals surface area contributed by atoms with E-state index in [4.69, 9.17) is 4.74 Å². The van der Waals surface area contributed by atoms with Gasteiger partial charge in [0.2, 0.25) is 5.91 Å². The van der Waals surface area contributed by atoms with Crippen LogP contribution in [0.5, 0.6) is 5.75 Å². The van der Waals surface area contributed by atoms with Gasteiger partial charge in [0.15, 0.2) is 0 Å². The second-order valence-corrected chi connectivity index (χ2v) is 5.86. The van der Waals surface area contributed by atoms with Gasteiger partial charge in [0.05, 0.1) is 11.6 Å². The van der Waals surface area contributed by atoms with Crippen LogP contribution in [0.4, 0.5) is 0 Å². The molecule has 0 bridgehead atoms. The smallest absolute Gasteiger partial charge is 0.220 e. The highest BCUT2D eigenvalue weighted by Crippen LogP contribution is 2.34. The van der Waals surface area contributed by atoms with Crippen LogP contribution in [0.15, 0.2) is 21.1 Å². The van der Waals surface area contributed by atoms with E-state index < -0.39 is 0 Å². The Morgan fingerprint density at radius 2 is 2.24 bits per heavy atom. The van der Waals surface area contributed by atoms with Crippen molar-refractivity contribution in [1.82, 2.24) is 5.32 Å². The van der Waals surface area contributed by atoms with Crippen molar-refractivity contribution in [2.24, 2.45) is 0 Å². The van der Waals surface area contributed by atoms with Gasteiger partial charge in [-0.2, -0.15) is 0 Å². The summed E-state index contributed by atoms with van der Waals surface area (Å²) in [4.78, 5) is 11.2. The zero-order valence-electron chi connectivity index (χ0n) is 9.43. The highest BCUT2D eigenvalue weighted by Gasteiger charge is 2.22. The third-order valence-corrected chi connectivity index (χ3v) is 3.89. The molecule has 1 aliphatic heterocycles. The molecule has 92 valence electrons. The van der Waals surface area contributed by atoms with Gasteiger partial charge >= 0.3 is 0 Å². The number of hydrogen-bond acceptors (Lipinski definition) is 2. The number of amides is 1. The summed E-state index contributed by atoms with van der Waals surface area (Å²) in [5.74, 6) is 0.984.